The van der Waals surface area contributed by atoms with E-state index in [-0.39, 0.29) is 30.3 Å². The van der Waals surface area contributed by atoms with E-state index >= 15 is 0 Å². The van der Waals surface area contributed by atoms with Crippen molar-refractivity contribution >= 4 is 27.8 Å². The van der Waals surface area contributed by atoms with Gasteiger partial charge < -0.3 is 24.8 Å². The maximum atomic E-state index is 3.45. The topological polar surface area (TPSA) is 0 Å². The van der Waals surface area contributed by atoms with Crippen molar-refractivity contribution < 1.29 is 47.8 Å². The normalized spacial score (nSPS) is 12.9. The van der Waals surface area contributed by atoms with E-state index in [4.69, 9.17) is 0 Å². The number of hydrogen-bond acceptors (Lipinski definition) is 0. The predicted octanol–water partition coefficient (Wildman–Crippen LogP) is 3.51. The van der Waals surface area contributed by atoms with Gasteiger partial charge in [0.05, 0.1) is 0 Å². The first-order valence-corrected chi connectivity index (χ1v) is 20.9. The molecule has 0 amide bonds. The summed E-state index contributed by atoms with van der Waals surface area (Å²) in [5, 5.41) is 0. The molecule has 4 aromatic carbocycles. The first kappa shape index (κ1) is 33.7. The second-order valence-electron chi connectivity index (χ2n) is 9.34. The third kappa shape index (κ3) is 10.5. The van der Waals surface area contributed by atoms with Crippen LogP contribution in [0.4, 0.5) is 0 Å². The standard InChI is InChI=1S/2C17H13.C2H6Si.2ClH.Hf/c2*1-3-7-14(8-4-1)16-11-12-17(13-16)15-9-5-2-6-10-15;1-3-2;;;/h2*1-10,13H,11H2;1-2H3;2*1H;/q2*-1;;;;+2/p-2. The van der Waals surface area contributed by atoms with Crippen molar-refractivity contribution in [3.63, 3.8) is 0 Å². The molecule has 0 bridgehead atoms. The largest absolute Gasteiger partial charge is 1.00 e. The first-order valence-electron chi connectivity index (χ1n) is 13.0. The molecule has 0 saturated carbocycles. The molecule has 0 nitrogen and oxygen atoms in total. The van der Waals surface area contributed by atoms with Crippen LogP contribution in [0.25, 0.3) is 22.3 Å². The number of halogens is 2. The van der Waals surface area contributed by atoms with Crippen LogP contribution < -0.4 is 24.8 Å². The van der Waals surface area contributed by atoms with Crippen LogP contribution in [0.1, 0.15) is 35.1 Å². The second kappa shape index (κ2) is 18.0. The van der Waals surface area contributed by atoms with Gasteiger partial charge in [-0.2, -0.15) is 35.5 Å². The number of hydrogen-bond donors (Lipinski definition) is 0. The van der Waals surface area contributed by atoms with Gasteiger partial charge in [-0.05, 0) is 11.1 Å². The van der Waals surface area contributed by atoms with Crippen molar-refractivity contribution in [2.24, 2.45) is 0 Å². The molecule has 4 aromatic rings. The summed E-state index contributed by atoms with van der Waals surface area (Å²) in [6.45, 7) is 4.66. The van der Waals surface area contributed by atoms with Crippen molar-refractivity contribution in [3.05, 3.63) is 168 Å². The molecule has 0 N–H and O–H groups in total. The van der Waals surface area contributed by atoms with Crippen LogP contribution in [0, 0.1) is 12.2 Å². The number of allylic oxidation sites excluding steroid dienone is 8. The molecule has 0 saturated heterocycles. The quantitative estimate of drug-likeness (QED) is 0.222. The summed E-state index contributed by atoms with van der Waals surface area (Å²) in [5.74, 6) is 0. The minimum Gasteiger partial charge on any atom is -1.00 e. The molecule has 0 unspecified atom stereocenters. The maximum Gasteiger partial charge on any atom is -0.0353 e. The van der Waals surface area contributed by atoms with Crippen molar-refractivity contribution in [3.8, 4) is 0 Å². The Bertz CT molecular complexity index is 1340. The zero-order chi connectivity index (χ0) is 26.6. The van der Waals surface area contributed by atoms with Gasteiger partial charge in [-0.15, -0.1) is 46.5 Å². The summed E-state index contributed by atoms with van der Waals surface area (Å²) >= 11 is 1.45. The minimum absolute atomic E-state index is 0. The Hall–Kier alpha value is -2.49. The van der Waals surface area contributed by atoms with Crippen LogP contribution in [0.5, 0.6) is 0 Å². The van der Waals surface area contributed by atoms with Crippen LogP contribution in [0.3, 0.4) is 0 Å². The summed E-state index contributed by atoms with van der Waals surface area (Å²) in [7, 11) is 0. The van der Waals surface area contributed by atoms with E-state index < -0.39 is 0 Å². The third-order valence-corrected chi connectivity index (χ3v) is 6.03. The number of benzene rings is 4. The van der Waals surface area contributed by atoms with Gasteiger partial charge in [-0.1, -0.05) is 110 Å². The minimum atomic E-state index is 0. The van der Waals surface area contributed by atoms with E-state index in [1.165, 1.54) is 67.5 Å². The predicted molar refractivity (Wildman–Crippen MR) is 162 cm³/mol. The van der Waals surface area contributed by atoms with Crippen LogP contribution >= 0.6 is 0 Å². The molecule has 0 spiro atoms. The first-order chi connectivity index (χ1) is 18.6. The smallest absolute Gasteiger partial charge is 0.0353 e. The molecule has 40 heavy (non-hydrogen) atoms. The van der Waals surface area contributed by atoms with E-state index in [1.807, 2.05) is 24.3 Å². The van der Waals surface area contributed by atoms with E-state index in [9.17, 15) is 0 Å². The molecule has 0 heterocycles. The average molecular weight is 742 g/mol. The molecule has 4 heteroatoms. The fourth-order valence-corrected chi connectivity index (χ4v) is 4.21. The summed E-state index contributed by atoms with van der Waals surface area (Å²) in [5.41, 5.74) is 10.5. The Balaban J connectivity index is 0.000000237. The van der Waals surface area contributed by atoms with Crippen molar-refractivity contribution in [1.29, 1.82) is 0 Å². The Kier molecular flexibility index (Phi) is 15.2. The van der Waals surface area contributed by atoms with Gasteiger partial charge in [0.1, 0.15) is 0 Å². The molecule has 0 aliphatic heterocycles. The molecule has 2 aliphatic carbocycles. The van der Waals surface area contributed by atoms with Crippen molar-refractivity contribution in [2.75, 3.05) is 0 Å². The Morgan fingerprint density at radius 3 is 1.00 bits per heavy atom. The van der Waals surface area contributed by atoms with Gasteiger partial charge in [-0.25, -0.2) is 0 Å². The van der Waals surface area contributed by atoms with E-state index in [0.29, 0.717) is 0 Å². The summed E-state index contributed by atoms with van der Waals surface area (Å²) in [6.07, 6.45) is 13.2. The van der Waals surface area contributed by atoms with Gasteiger partial charge in [0.2, 0.25) is 0 Å². The van der Waals surface area contributed by atoms with Gasteiger partial charge in [0.15, 0.2) is 0 Å². The molecular formula is C36H32Cl2HfSi-2. The molecule has 6 rings (SSSR count). The summed E-state index contributed by atoms with van der Waals surface area (Å²) in [4.78, 5) is 0. The molecular weight excluding hydrogens is 710 g/mol. The maximum absolute atomic E-state index is 3.45. The zero-order valence-electron chi connectivity index (χ0n) is 22.9. The van der Waals surface area contributed by atoms with E-state index in [1.54, 1.807) is 0 Å². The zero-order valence-corrected chi connectivity index (χ0v) is 29.0. The van der Waals surface area contributed by atoms with Gasteiger partial charge >= 0.3 is 41.6 Å². The van der Waals surface area contributed by atoms with Crippen LogP contribution in [-0.2, 0) is 23.0 Å². The van der Waals surface area contributed by atoms with Crippen LogP contribution in [0.2, 0.25) is 13.1 Å². The Morgan fingerprint density at radius 1 is 0.475 bits per heavy atom. The van der Waals surface area contributed by atoms with Crippen molar-refractivity contribution in [2.45, 2.75) is 25.9 Å². The molecule has 2 aliphatic rings. The molecule has 200 valence electrons. The SMILES string of the molecule is C[Si](C)=[Hf+2].[C-]1=C(c2ccccc2)C=C(c2ccccc2)C1.[C-]1=C(c2ccccc2)C=C(c2ccccc2)C1.[Cl-].[Cl-]. The molecule has 0 atom stereocenters. The second-order valence-corrected chi connectivity index (χ2v) is 22.1. The van der Waals surface area contributed by atoms with Gasteiger partial charge in [0.25, 0.3) is 0 Å². The number of rotatable bonds is 4. The van der Waals surface area contributed by atoms with Gasteiger partial charge in [0, 0.05) is 0 Å². The van der Waals surface area contributed by atoms with Crippen LogP contribution in [0.15, 0.2) is 133 Å². The van der Waals surface area contributed by atoms with Crippen molar-refractivity contribution in [1.82, 2.24) is 0 Å². The fourth-order valence-electron chi connectivity index (χ4n) is 4.21. The summed E-state index contributed by atoms with van der Waals surface area (Å²) < 4.78 is 0. The Labute approximate surface area is 267 Å². The van der Waals surface area contributed by atoms with E-state index in [0.717, 1.165) is 12.8 Å². The fraction of sp³-hybridized carbons (Fsp3) is 0.111. The molecule has 0 aromatic heterocycles. The monoisotopic (exact) mass is 742 g/mol. The van der Waals surface area contributed by atoms with E-state index in [2.05, 4.69) is 134 Å². The molecule has 0 fully saturated rings. The third-order valence-electron chi connectivity index (χ3n) is 6.03. The average Bonchev–Trinajstić information content (AvgIpc) is 3.66. The summed E-state index contributed by atoms with van der Waals surface area (Å²) in [6, 6.07) is 41.9. The molecule has 0 radical (unpaired) electrons. The van der Waals surface area contributed by atoms with Crippen LogP contribution in [-0.4, -0.2) is 5.49 Å². The Morgan fingerprint density at radius 2 is 0.725 bits per heavy atom. The van der Waals surface area contributed by atoms with Gasteiger partial charge in [-0.3, -0.25) is 0 Å².